The van der Waals surface area contributed by atoms with Crippen molar-refractivity contribution in [2.24, 2.45) is 0 Å². The maximum atomic E-state index is 9.51. The zero-order valence-electron chi connectivity index (χ0n) is 9.30. The van der Waals surface area contributed by atoms with E-state index in [1.165, 1.54) is 5.56 Å². The predicted octanol–water partition coefficient (Wildman–Crippen LogP) is -1.17. The molecule has 0 aliphatic carbocycles. The Labute approximate surface area is 95.8 Å². The normalized spacial score (nSPS) is 15.8. The second kappa shape index (κ2) is 4.59. The van der Waals surface area contributed by atoms with Crippen molar-refractivity contribution in [3.63, 3.8) is 0 Å². The third kappa shape index (κ3) is 2.30. The van der Waals surface area contributed by atoms with Gasteiger partial charge < -0.3 is 19.9 Å². The minimum Gasteiger partial charge on any atom is -0.437 e. The molecule has 0 aromatic heterocycles. The molecule has 0 fully saturated rings. The van der Waals surface area contributed by atoms with E-state index in [0.717, 1.165) is 18.5 Å². The Kier molecular flexibility index (Phi) is 3.35. The molecule has 3 N–H and O–H groups in total. The Morgan fingerprint density at radius 2 is 1.94 bits per heavy atom. The highest BCUT2D eigenvalue weighted by molar-refractivity contribution is 6.58. The molecule has 0 spiro atoms. The zero-order chi connectivity index (χ0) is 11.7. The van der Waals surface area contributed by atoms with Crippen LogP contribution in [0.25, 0.3) is 0 Å². The zero-order valence-corrected chi connectivity index (χ0v) is 9.30. The highest BCUT2D eigenvalue weighted by atomic mass is 16.4. The average Bonchev–Trinajstić information content (AvgIpc) is 2.27. The lowest BCUT2D eigenvalue weighted by atomic mass is 9.76. The van der Waals surface area contributed by atoms with Crippen LogP contribution in [0.1, 0.15) is 11.1 Å². The van der Waals surface area contributed by atoms with E-state index in [1.807, 2.05) is 10.9 Å². The minimum absolute atomic E-state index is 0.462. The molecule has 0 saturated carbocycles. The van der Waals surface area contributed by atoms with E-state index in [9.17, 15) is 5.02 Å². The predicted molar refractivity (Wildman–Crippen MR) is 64.2 cm³/mol. The summed E-state index contributed by atoms with van der Waals surface area (Å²) >= 11 is 0. The van der Waals surface area contributed by atoms with Gasteiger partial charge in [0.05, 0.1) is 0 Å². The van der Waals surface area contributed by atoms with E-state index < -0.39 is 14.2 Å². The molecule has 6 heteroatoms. The monoisotopic (exact) mass is 219 g/mol. The lowest BCUT2D eigenvalue weighted by Gasteiger charge is -2.29. The third-order valence-electron chi connectivity index (χ3n) is 3.10. The van der Waals surface area contributed by atoms with Gasteiger partial charge in [0, 0.05) is 6.54 Å². The average molecular weight is 219 g/mol. The lowest BCUT2D eigenvalue weighted by molar-refractivity contribution is 0.347. The van der Waals surface area contributed by atoms with E-state index in [4.69, 9.17) is 10.0 Å². The molecule has 0 bridgehead atoms. The molecule has 84 valence electrons. The van der Waals surface area contributed by atoms with Crippen LogP contribution >= 0.6 is 0 Å². The molecule has 1 aromatic carbocycles. The van der Waals surface area contributed by atoms with Crippen molar-refractivity contribution in [3.8, 4) is 0 Å². The molecular formula is C10H15B2NO3. The van der Waals surface area contributed by atoms with Crippen LogP contribution in [-0.2, 0) is 13.0 Å². The summed E-state index contributed by atoms with van der Waals surface area (Å²) in [4.78, 5) is 1.95. The molecule has 0 saturated heterocycles. The fraction of sp³-hybridized carbons (Fsp3) is 0.400. The molecular weight excluding hydrogens is 204 g/mol. The molecule has 1 heterocycles. The van der Waals surface area contributed by atoms with Crippen molar-refractivity contribution >= 4 is 19.6 Å². The van der Waals surface area contributed by atoms with Crippen LogP contribution in [0.3, 0.4) is 0 Å². The standard InChI is InChI=1S/C10H15B2NO3/c1-11(14)13-5-4-8-2-3-10(12(15)16)6-9(8)7-13/h2-3,6,14-16H,4-5,7H2,1H3. The molecule has 4 nitrogen and oxygen atoms in total. The van der Waals surface area contributed by atoms with Crippen LogP contribution in [0.4, 0.5) is 0 Å². The summed E-state index contributed by atoms with van der Waals surface area (Å²) < 4.78 is 0. The van der Waals surface area contributed by atoms with Gasteiger partial charge >= 0.3 is 14.2 Å². The number of hydrogen-bond donors (Lipinski definition) is 3. The molecule has 16 heavy (non-hydrogen) atoms. The van der Waals surface area contributed by atoms with Gasteiger partial charge in [0.25, 0.3) is 0 Å². The first-order valence-electron chi connectivity index (χ1n) is 5.48. The molecule has 0 amide bonds. The van der Waals surface area contributed by atoms with Crippen molar-refractivity contribution in [3.05, 3.63) is 29.3 Å². The maximum Gasteiger partial charge on any atom is 0.488 e. The number of benzene rings is 1. The third-order valence-corrected chi connectivity index (χ3v) is 3.10. The quantitative estimate of drug-likeness (QED) is 0.548. The highest BCUT2D eigenvalue weighted by Crippen LogP contribution is 2.18. The molecule has 1 aliphatic heterocycles. The first-order chi connectivity index (χ1) is 7.58. The summed E-state index contributed by atoms with van der Waals surface area (Å²) in [6.45, 7) is 3.25. The van der Waals surface area contributed by atoms with Crippen LogP contribution in [0, 0.1) is 0 Å². The second-order valence-corrected chi connectivity index (χ2v) is 4.25. The van der Waals surface area contributed by atoms with Crippen LogP contribution in [0.2, 0.25) is 6.82 Å². The Balaban J connectivity index is 2.25. The number of hydrogen-bond acceptors (Lipinski definition) is 4. The van der Waals surface area contributed by atoms with Crippen molar-refractivity contribution in [2.45, 2.75) is 19.8 Å². The van der Waals surface area contributed by atoms with Gasteiger partial charge in [-0.15, -0.1) is 0 Å². The van der Waals surface area contributed by atoms with Crippen molar-refractivity contribution in [1.29, 1.82) is 0 Å². The van der Waals surface area contributed by atoms with Crippen LogP contribution in [0.5, 0.6) is 0 Å². The van der Waals surface area contributed by atoms with Crippen molar-refractivity contribution in [2.75, 3.05) is 6.54 Å². The van der Waals surface area contributed by atoms with Gasteiger partial charge in [-0.3, -0.25) is 0 Å². The Bertz CT molecular complexity index is 384. The second-order valence-electron chi connectivity index (χ2n) is 4.25. The Morgan fingerprint density at radius 3 is 2.56 bits per heavy atom. The number of fused-ring (bicyclic) bond motifs is 1. The number of nitrogens with zero attached hydrogens (tertiary/aromatic N) is 1. The summed E-state index contributed by atoms with van der Waals surface area (Å²) in [6, 6.07) is 5.47. The SMILES string of the molecule is CB(O)N1CCc2ccc(B(O)O)cc2C1. The van der Waals surface area contributed by atoms with E-state index in [-0.39, 0.29) is 0 Å². The van der Waals surface area contributed by atoms with E-state index >= 15 is 0 Å². The summed E-state index contributed by atoms with van der Waals surface area (Å²) in [5.41, 5.74) is 2.80. The summed E-state index contributed by atoms with van der Waals surface area (Å²) in [6.07, 6.45) is 0.891. The van der Waals surface area contributed by atoms with Gasteiger partial charge in [0.15, 0.2) is 0 Å². The Hall–Kier alpha value is -0.810. The van der Waals surface area contributed by atoms with Gasteiger partial charge in [0.2, 0.25) is 0 Å². The van der Waals surface area contributed by atoms with Crippen molar-refractivity contribution in [1.82, 2.24) is 4.81 Å². The van der Waals surface area contributed by atoms with Gasteiger partial charge in [-0.2, -0.15) is 0 Å². The van der Waals surface area contributed by atoms with Gasteiger partial charge in [-0.05, 0) is 36.4 Å². The fourth-order valence-corrected chi connectivity index (χ4v) is 2.08. The first-order valence-corrected chi connectivity index (χ1v) is 5.48. The molecule has 0 unspecified atom stereocenters. The molecule has 2 rings (SSSR count). The van der Waals surface area contributed by atoms with E-state index in [0.29, 0.717) is 12.0 Å². The summed E-state index contributed by atoms with van der Waals surface area (Å²) in [5, 5.41) is 27.7. The van der Waals surface area contributed by atoms with E-state index in [2.05, 4.69) is 0 Å². The summed E-state index contributed by atoms with van der Waals surface area (Å²) in [7, 11) is -1.89. The van der Waals surface area contributed by atoms with Crippen molar-refractivity contribution < 1.29 is 15.1 Å². The van der Waals surface area contributed by atoms with Gasteiger partial charge in [0.1, 0.15) is 0 Å². The molecule has 1 aromatic rings. The lowest BCUT2D eigenvalue weighted by Crippen LogP contribution is -2.41. The minimum atomic E-state index is -1.42. The van der Waals surface area contributed by atoms with Crippen LogP contribution in [-0.4, -0.2) is 40.6 Å². The largest absolute Gasteiger partial charge is 0.488 e. The van der Waals surface area contributed by atoms with Crippen LogP contribution in [0.15, 0.2) is 18.2 Å². The summed E-state index contributed by atoms with van der Waals surface area (Å²) in [5.74, 6) is 0. The molecule has 1 aliphatic rings. The topological polar surface area (TPSA) is 63.9 Å². The molecule has 0 atom stereocenters. The van der Waals surface area contributed by atoms with Crippen LogP contribution < -0.4 is 5.46 Å². The Morgan fingerprint density at radius 1 is 1.19 bits per heavy atom. The number of rotatable bonds is 2. The molecule has 0 radical (unpaired) electrons. The highest BCUT2D eigenvalue weighted by Gasteiger charge is 2.23. The maximum absolute atomic E-state index is 9.51. The van der Waals surface area contributed by atoms with Gasteiger partial charge in [-0.25, -0.2) is 0 Å². The smallest absolute Gasteiger partial charge is 0.437 e. The fourth-order valence-electron chi connectivity index (χ4n) is 2.08. The van der Waals surface area contributed by atoms with E-state index in [1.54, 1.807) is 19.0 Å². The first kappa shape index (κ1) is 11.7. The van der Waals surface area contributed by atoms with Gasteiger partial charge in [-0.1, -0.05) is 18.2 Å².